The van der Waals surface area contributed by atoms with Crippen molar-refractivity contribution in [3.63, 3.8) is 0 Å². The normalized spacial score (nSPS) is 13.0. The number of amides is 3. The summed E-state index contributed by atoms with van der Waals surface area (Å²) in [5.74, 6) is -0.926. The van der Waals surface area contributed by atoms with Gasteiger partial charge in [0.25, 0.3) is 0 Å². The third kappa shape index (κ3) is 9.15. The van der Waals surface area contributed by atoms with Gasteiger partial charge < -0.3 is 30.6 Å². The second-order valence-corrected chi connectivity index (χ2v) is 11.3. The molecule has 0 spiro atoms. The zero-order chi connectivity index (χ0) is 32.3. The number of methoxy groups -OCH3 is 1. The van der Waals surface area contributed by atoms with Crippen LogP contribution in [-0.4, -0.2) is 54.3 Å². The Balaban J connectivity index is 1.50. The average Bonchev–Trinajstić information content (AvgIpc) is 3.04. The van der Waals surface area contributed by atoms with E-state index in [1.54, 1.807) is 45.2 Å². The van der Waals surface area contributed by atoms with Gasteiger partial charge in [-0.2, -0.15) is 0 Å². The molecular weight excluding hydrogens is 570 g/mol. The van der Waals surface area contributed by atoms with E-state index in [4.69, 9.17) is 4.74 Å². The summed E-state index contributed by atoms with van der Waals surface area (Å²) >= 11 is 0. The molecule has 0 fully saturated rings. The van der Waals surface area contributed by atoms with Crippen molar-refractivity contribution in [2.24, 2.45) is 5.92 Å². The van der Waals surface area contributed by atoms with Crippen LogP contribution in [0.3, 0.4) is 0 Å². The van der Waals surface area contributed by atoms with Crippen LogP contribution in [0, 0.1) is 5.92 Å². The quantitative estimate of drug-likeness (QED) is 0.160. The number of benzene rings is 4. The van der Waals surface area contributed by atoms with Crippen LogP contribution in [0.1, 0.15) is 30.5 Å². The molecule has 0 aliphatic heterocycles. The van der Waals surface area contributed by atoms with Gasteiger partial charge in [-0.15, -0.1) is 0 Å². The first-order valence-corrected chi connectivity index (χ1v) is 14.9. The lowest BCUT2D eigenvalue weighted by atomic mass is 9.99. The fourth-order valence-corrected chi connectivity index (χ4v) is 5.15. The van der Waals surface area contributed by atoms with E-state index in [2.05, 4.69) is 16.0 Å². The average molecular weight is 610 g/mol. The van der Waals surface area contributed by atoms with Crippen LogP contribution >= 0.6 is 0 Å². The number of carbonyl (C=O) groups is 4. The molecule has 0 aromatic heterocycles. The summed E-state index contributed by atoms with van der Waals surface area (Å²) in [6.45, 7) is 3.58. The highest BCUT2D eigenvalue weighted by Gasteiger charge is 2.30. The van der Waals surface area contributed by atoms with E-state index in [0.29, 0.717) is 12.0 Å². The van der Waals surface area contributed by atoms with Gasteiger partial charge >= 0.3 is 0 Å². The number of nitrogens with one attached hydrogen (secondary N) is 3. The fourth-order valence-electron chi connectivity index (χ4n) is 5.15. The van der Waals surface area contributed by atoms with Gasteiger partial charge in [-0.05, 0) is 64.1 Å². The molecule has 234 valence electrons. The number of rotatable bonds is 14. The molecule has 0 bridgehead atoms. The first kappa shape index (κ1) is 32.7. The Hall–Kier alpha value is -5.18. The van der Waals surface area contributed by atoms with Gasteiger partial charge in [0, 0.05) is 6.42 Å². The Bertz CT molecular complexity index is 1610. The van der Waals surface area contributed by atoms with Gasteiger partial charge in [0.1, 0.15) is 29.9 Å². The summed E-state index contributed by atoms with van der Waals surface area (Å²) < 4.78 is 5.25. The van der Waals surface area contributed by atoms with Crippen molar-refractivity contribution in [2.75, 3.05) is 7.11 Å². The second-order valence-electron chi connectivity index (χ2n) is 11.3. The lowest BCUT2D eigenvalue weighted by Gasteiger charge is -2.26. The molecule has 4 aromatic carbocycles. The summed E-state index contributed by atoms with van der Waals surface area (Å²) in [6, 6.07) is 24.3. The molecule has 0 unspecified atom stereocenters. The molecule has 0 heterocycles. The number of phenolic OH excluding ortho intramolecular Hbond substituents is 1. The largest absolute Gasteiger partial charge is 0.508 e. The van der Waals surface area contributed by atoms with Crippen LogP contribution in [0.15, 0.2) is 91.0 Å². The zero-order valence-electron chi connectivity index (χ0n) is 25.7. The highest BCUT2D eigenvalue weighted by atomic mass is 16.5. The molecule has 4 aromatic rings. The zero-order valence-corrected chi connectivity index (χ0v) is 25.7. The van der Waals surface area contributed by atoms with Crippen LogP contribution in [0.2, 0.25) is 0 Å². The fraction of sp³-hybridized carbons (Fsp3) is 0.278. The maximum Gasteiger partial charge on any atom is 0.243 e. The van der Waals surface area contributed by atoms with Crippen molar-refractivity contribution in [2.45, 2.75) is 51.2 Å². The molecule has 9 nitrogen and oxygen atoms in total. The first-order valence-electron chi connectivity index (χ1n) is 14.9. The third-order valence-electron chi connectivity index (χ3n) is 7.61. The number of hydrogen-bond acceptors (Lipinski definition) is 6. The number of ether oxygens (including phenoxy) is 1. The second kappa shape index (κ2) is 15.5. The minimum absolute atomic E-state index is 0.0696. The first-order chi connectivity index (χ1) is 21.7. The molecule has 0 aliphatic carbocycles. The molecule has 0 saturated heterocycles. The van der Waals surface area contributed by atoms with Gasteiger partial charge in [0.15, 0.2) is 0 Å². The van der Waals surface area contributed by atoms with Crippen LogP contribution in [0.4, 0.5) is 0 Å². The van der Waals surface area contributed by atoms with Gasteiger partial charge in [-0.25, -0.2) is 0 Å². The number of hydrogen-bond donors (Lipinski definition) is 4. The monoisotopic (exact) mass is 609 g/mol. The van der Waals surface area contributed by atoms with E-state index in [-0.39, 0.29) is 36.8 Å². The Morgan fingerprint density at radius 1 is 0.778 bits per heavy atom. The molecule has 3 atom stereocenters. The van der Waals surface area contributed by atoms with Crippen LogP contribution in [0.5, 0.6) is 11.5 Å². The molecule has 4 rings (SSSR count). The van der Waals surface area contributed by atoms with Crippen molar-refractivity contribution in [3.05, 3.63) is 108 Å². The molecule has 0 radical (unpaired) electrons. The van der Waals surface area contributed by atoms with Crippen molar-refractivity contribution in [1.82, 2.24) is 16.0 Å². The van der Waals surface area contributed by atoms with E-state index in [0.717, 1.165) is 27.5 Å². The van der Waals surface area contributed by atoms with E-state index in [1.807, 2.05) is 54.6 Å². The van der Waals surface area contributed by atoms with Crippen LogP contribution in [0.25, 0.3) is 10.8 Å². The molecule has 3 amide bonds. The van der Waals surface area contributed by atoms with Gasteiger partial charge in [-0.1, -0.05) is 80.6 Å². The van der Waals surface area contributed by atoms with Crippen molar-refractivity contribution in [1.29, 1.82) is 0 Å². The van der Waals surface area contributed by atoms with Crippen LogP contribution in [-0.2, 0) is 38.4 Å². The lowest BCUT2D eigenvalue weighted by Crippen LogP contribution is -2.57. The Morgan fingerprint density at radius 2 is 1.42 bits per heavy atom. The standard InChI is InChI=1S/C36H39N3O6/c1-23(2)34(36(44)37-28(22-40)19-24-11-15-29(41)16-12-24)39-35(43)32(20-25-13-17-30(45-3)18-14-25)38-33(42)21-27-9-6-8-26-7-4-5-10-31(26)27/h4-18,22-23,28,32,34,41H,19-21H2,1-3H3,(H,37,44)(H,38,42)(H,39,43)/t28-,32+,34+/m1/s1. The molecule has 4 N–H and O–H groups in total. The molecule has 0 saturated carbocycles. The number of aromatic hydroxyl groups is 1. The summed E-state index contributed by atoms with van der Waals surface area (Å²) in [4.78, 5) is 52.3. The van der Waals surface area contributed by atoms with Crippen molar-refractivity contribution in [3.8, 4) is 11.5 Å². The molecular formula is C36H39N3O6. The summed E-state index contributed by atoms with van der Waals surface area (Å²) in [5.41, 5.74) is 2.38. The molecule has 45 heavy (non-hydrogen) atoms. The van der Waals surface area contributed by atoms with Crippen LogP contribution < -0.4 is 20.7 Å². The smallest absolute Gasteiger partial charge is 0.243 e. The number of fused-ring (bicyclic) bond motifs is 1. The van der Waals surface area contributed by atoms with E-state index in [9.17, 15) is 24.3 Å². The summed E-state index contributed by atoms with van der Waals surface area (Å²) in [7, 11) is 1.57. The summed E-state index contributed by atoms with van der Waals surface area (Å²) in [5, 5.41) is 19.9. The maximum atomic E-state index is 13.7. The summed E-state index contributed by atoms with van der Waals surface area (Å²) in [6.07, 6.45) is 1.12. The lowest BCUT2D eigenvalue weighted by molar-refractivity contribution is -0.133. The molecule has 9 heteroatoms. The van der Waals surface area contributed by atoms with E-state index >= 15 is 0 Å². The predicted molar refractivity (Wildman–Crippen MR) is 173 cm³/mol. The Labute approximate surface area is 263 Å². The minimum Gasteiger partial charge on any atom is -0.508 e. The van der Waals surface area contributed by atoms with Crippen molar-refractivity contribution >= 4 is 34.8 Å². The Morgan fingerprint density at radius 3 is 2.09 bits per heavy atom. The third-order valence-corrected chi connectivity index (χ3v) is 7.61. The van der Waals surface area contributed by atoms with Gasteiger partial charge in [0.2, 0.25) is 17.7 Å². The minimum atomic E-state index is -0.978. The van der Waals surface area contributed by atoms with Gasteiger partial charge in [0.05, 0.1) is 19.6 Å². The molecule has 0 aliphatic rings. The highest BCUT2D eigenvalue weighted by Crippen LogP contribution is 2.19. The number of carbonyl (C=O) groups excluding carboxylic acids is 4. The maximum absolute atomic E-state index is 13.7. The van der Waals surface area contributed by atoms with E-state index < -0.39 is 29.9 Å². The van der Waals surface area contributed by atoms with Gasteiger partial charge in [-0.3, -0.25) is 14.4 Å². The predicted octanol–water partition coefficient (Wildman–Crippen LogP) is 3.89. The Kier molecular flexibility index (Phi) is 11.3. The topological polar surface area (TPSA) is 134 Å². The number of aldehydes is 1. The van der Waals surface area contributed by atoms with E-state index in [1.165, 1.54) is 12.1 Å². The number of phenols is 1. The highest BCUT2D eigenvalue weighted by molar-refractivity contribution is 5.95. The van der Waals surface area contributed by atoms with Crippen molar-refractivity contribution < 1.29 is 29.0 Å². The SMILES string of the molecule is COc1ccc(C[C@H](NC(=O)Cc2cccc3ccccc23)C(=O)N[C@H](C(=O)N[C@@H](C=O)Cc2ccc(O)cc2)C(C)C)cc1.